The molecule has 0 radical (unpaired) electrons. The second-order valence-corrected chi connectivity index (χ2v) is 3.47. The number of hydrogen-bond donors (Lipinski definition) is 1. The van der Waals surface area contributed by atoms with Crippen molar-refractivity contribution >= 4 is 0 Å². The Balaban J connectivity index is 2.49. The third-order valence-corrected chi connectivity index (χ3v) is 2.61. The fourth-order valence-corrected chi connectivity index (χ4v) is 1.78. The van der Waals surface area contributed by atoms with Crippen LogP contribution in [0, 0.1) is 0 Å². The summed E-state index contributed by atoms with van der Waals surface area (Å²) in [5, 5.41) is 0. The molecule has 1 aliphatic rings. The van der Waals surface area contributed by atoms with Crippen molar-refractivity contribution < 1.29 is 9.47 Å². The maximum atomic E-state index is 5.90. The normalized spacial score (nSPS) is 18.9. The Hall–Kier alpha value is -1.22. The average Bonchev–Trinajstić information content (AvgIpc) is 2.58. The zero-order valence-corrected chi connectivity index (χ0v) is 8.54. The summed E-state index contributed by atoms with van der Waals surface area (Å²) in [5.74, 6) is 1.76. The molecule has 0 saturated heterocycles. The molecule has 0 unspecified atom stereocenters. The van der Waals surface area contributed by atoms with E-state index in [-0.39, 0.29) is 6.04 Å². The fraction of sp³-hybridized carbons (Fsp3) is 0.455. The van der Waals surface area contributed by atoms with Gasteiger partial charge in [-0.15, -0.1) is 0 Å². The van der Waals surface area contributed by atoms with E-state index in [0.717, 1.165) is 23.5 Å². The van der Waals surface area contributed by atoms with Gasteiger partial charge >= 0.3 is 0 Å². The molecule has 2 rings (SSSR count). The maximum absolute atomic E-state index is 5.90. The van der Waals surface area contributed by atoms with Crippen LogP contribution in [0.15, 0.2) is 12.1 Å². The number of ether oxygens (including phenoxy) is 2. The Labute approximate surface area is 83.8 Å². The largest absolute Gasteiger partial charge is 0.496 e. The number of nitrogens with two attached hydrogens (primary N) is 1. The van der Waals surface area contributed by atoms with Crippen LogP contribution in [0.25, 0.3) is 0 Å². The van der Waals surface area contributed by atoms with Gasteiger partial charge in [0.1, 0.15) is 18.1 Å². The van der Waals surface area contributed by atoms with Crippen LogP contribution in [0.1, 0.15) is 24.1 Å². The molecule has 1 heterocycles. The average molecular weight is 193 g/mol. The van der Waals surface area contributed by atoms with E-state index in [4.69, 9.17) is 15.2 Å². The molecule has 3 nitrogen and oxygen atoms in total. The Morgan fingerprint density at radius 2 is 2.36 bits per heavy atom. The smallest absolute Gasteiger partial charge is 0.128 e. The minimum absolute atomic E-state index is 0.0150. The first kappa shape index (κ1) is 9.34. The summed E-state index contributed by atoms with van der Waals surface area (Å²) in [6.45, 7) is 2.68. The Morgan fingerprint density at radius 1 is 1.57 bits per heavy atom. The van der Waals surface area contributed by atoms with E-state index in [9.17, 15) is 0 Å². The molecule has 0 spiro atoms. The molecular formula is C11H15NO2. The van der Waals surface area contributed by atoms with Crippen LogP contribution in [0.4, 0.5) is 0 Å². The van der Waals surface area contributed by atoms with Crippen molar-refractivity contribution in [2.45, 2.75) is 19.4 Å². The van der Waals surface area contributed by atoms with E-state index in [0.29, 0.717) is 6.61 Å². The van der Waals surface area contributed by atoms with Gasteiger partial charge in [-0.1, -0.05) is 6.92 Å². The van der Waals surface area contributed by atoms with Gasteiger partial charge in [0.25, 0.3) is 0 Å². The highest BCUT2D eigenvalue weighted by molar-refractivity contribution is 5.49. The van der Waals surface area contributed by atoms with Crippen molar-refractivity contribution in [3.05, 3.63) is 23.3 Å². The van der Waals surface area contributed by atoms with Crippen LogP contribution in [0.5, 0.6) is 11.5 Å². The third kappa shape index (κ3) is 1.34. The molecule has 0 amide bonds. The highest BCUT2D eigenvalue weighted by Crippen LogP contribution is 2.36. The molecular weight excluding hydrogens is 178 g/mol. The lowest BCUT2D eigenvalue weighted by atomic mass is 10.0. The standard InChI is InChI=1S/C11H15NO2/c1-3-7-4-8-9(12)6-14-11(8)5-10(7)13-2/h4-5,9H,3,6,12H2,1-2H3/t9-/m0/s1. The lowest BCUT2D eigenvalue weighted by Gasteiger charge is -2.09. The number of hydrogen-bond acceptors (Lipinski definition) is 3. The Bertz CT molecular complexity index is 349. The van der Waals surface area contributed by atoms with E-state index < -0.39 is 0 Å². The Kier molecular flexibility index (Phi) is 2.33. The monoisotopic (exact) mass is 193 g/mol. The van der Waals surface area contributed by atoms with Crippen LogP contribution >= 0.6 is 0 Å². The molecule has 14 heavy (non-hydrogen) atoms. The van der Waals surface area contributed by atoms with Gasteiger partial charge in [-0.2, -0.15) is 0 Å². The SMILES string of the molecule is CCc1cc2c(cc1OC)OC[C@@H]2N. The van der Waals surface area contributed by atoms with Crippen molar-refractivity contribution in [3.8, 4) is 11.5 Å². The second-order valence-electron chi connectivity index (χ2n) is 3.47. The van der Waals surface area contributed by atoms with Crippen molar-refractivity contribution in [3.63, 3.8) is 0 Å². The zero-order chi connectivity index (χ0) is 10.1. The van der Waals surface area contributed by atoms with Crippen LogP contribution < -0.4 is 15.2 Å². The maximum Gasteiger partial charge on any atom is 0.128 e. The molecule has 0 fully saturated rings. The summed E-state index contributed by atoms with van der Waals surface area (Å²) in [4.78, 5) is 0. The van der Waals surface area contributed by atoms with Crippen molar-refractivity contribution in [2.24, 2.45) is 5.73 Å². The van der Waals surface area contributed by atoms with Gasteiger partial charge < -0.3 is 15.2 Å². The van der Waals surface area contributed by atoms with Gasteiger partial charge in [0.15, 0.2) is 0 Å². The van der Waals surface area contributed by atoms with Gasteiger partial charge in [0.05, 0.1) is 13.2 Å². The first-order valence-electron chi connectivity index (χ1n) is 4.85. The summed E-state index contributed by atoms with van der Waals surface area (Å²) in [6, 6.07) is 4.04. The lowest BCUT2D eigenvalue weighted by molar-refractivity contribution is 0.331. The van der Waals surface area contributed by atoms with Gasteiger partial charge in [-0.3, -0.25) is 0 Å². The number of benzene rings is 1. The van der Waals surface area contributed by atoms with E-state index in [1.54, 1.807) is 7.11 Å². The fourth-order valence-electron chi connectivity index (χ4n) is 1.78. The quantitative estimate of drug-likeness (QED) is 0.776. The molecule has 3 heteroatoms. The first-order valence-corrected chi connectivity index (χ1v) is 4.85. The van der Waals surface area contributed by atoms with Crippen molar-refractivity contribution in [2.75, 3.05) is 13.7 Å². The molecule has 2 N–H and O–H groups in total. The Morgan fingerprint density at radius 3 is 3.00 bits per heavy atom. The topological polar surface area (TPSA) is 44.5 Å². The number of rotatable bonds is 2. The first-order chi connectivity index (χ1) is 6.76. The van der Waals surface area contributed by atoms with Crippen molar-refractivity contribution in [1.29, 1.82) is 0 Å². The molecule has 1 aliphatic heterocycles. The van der Waals surface area contributed by atoms with Crippen LogP contribution in [0.2, 0.25) is 0 Å². The molecule has 1 aromatic rings. The van der Waals surface area contributed by atoms with E-state index in [1.807, 2.05) is 6.07 Å². The van der Waals surface area contributed by atoms with Crippen LogP contribution in [-0.2, 0) is 6.42 Å². The number of aryl methyl sites for hydroxylation is 1. The second kappa shape index (κ2) is 3.50. The molecule has 76 valence electrons. The van der Waals surface area contributed by atoms with E-state index in [1.165, 1.54) is 5.56 Å². The third-order valence-electron chi connectivity index (χ3n) is 2.61. The lowest BCUT2D eigenvalue weighted by Crippen LogP contribution is -2.10. The minimum Gasteiger partial charge on any atom is -0.496 e. The summed E-state index contributed by atoms with van der Waals surface area (Å²) < 4.78 is 10.7. The zero-order valence-electron chi connectivity index (χ0n) is 8.54. The summed E-state index contributed by atoms with van der Waals surface area (Å²) in [6.07, 6.45) is 0.948. The number of methoxy groups -OCH3 is 1. The molecule has 0 bridgehead atoms. The highest BCUT2D eigenvalue weighted by Gasteiger charge is 2.22. The van der Waals surface area contributed by atoms with E-state index >= 15 is 0 Å². The van der Waals surface area contributed by atoms with Gasteiger partial charge in [-0.25, -0.2) is 0 Å². The minimum atomic E-state index is 0.0150. The number of fused-ring (bicyclic) bond motifs is 1. The molecule has 0 aromatic heterocycles. The van der Waals surface area contributed by atoms with Crippen LogP contribution in [-0.4, -0.2) is 13.7 Å². The predicted molar refractivity (Wildman–Crippen MR) is 54.8 cm³/mol. The van der Waals surface area contributed by atoms with Gasteiger partial charge in [0, 0.05) is 11.6 Å². The molecule has 0 saturated carbocycles. The van der Waals surface area contributed by atoms with Gasteiger partial charge in [0.2, 0.25) is 0 Å². The van der Waals surface area contributed by atoms with Gasteiger partial charge in [-0.05, 0) is 18.1 Å². The predicted octanol–water partition coefficient (Wildman–Crippen LogP) is 1.65. The molecule has 1 atom stereocenters. The van der Waals surface area contributed by atoms with E-state index in [2.05, 4.69) is 13.0 Å². The summed E-state index contributed by atoms with van der Waals surface area (Å²) in [7, 11) is 1.68. The van der Waals surface area contributed by atoms with Crippen molar-refractivity contribution in [1.82, 2.24) is 0 Å². The highest BCUT2D eigenvalue weighted by atomic mass is 16.5. The summed E-state index contributed by atoms with van der Waals surface area (Å²) in [5.41, 5.74) is 8.18. The summed E-state index contributed by atoms with van der Waals surface area (Å²) >= 11 is 0. The molecule has 0 aliphatic carbocycles. The molecule has 1 aromatic carbocycles. The van der Waals surface area contributed by atoms with Crippen LogP contribution in [0.3, 0.4) is 0 Å².